The number of aromatic nitrogens is 4. The second kappa shape index (κ2) is 13.5. The van der Waals surface area contributed by atoms with Gasteiger partial charge in [-0.1, -0.05) is 57.2 Å². The maximum absolute atomic E-state index is 11.6. The minimum Gasteiger partial charge on any atom is -0.475 e. The van der Waals surface area contributed by atoms with Crippen LogP contribution in [-0.4, -0.2) is 58.5 Å². The molecule has 0 bridgehead atoms. The van der Waals surface area contributed by atoms with Crippen molar-refractivity contribution in [3.05, 3.63) is 84.1 Å². The molecule has 5 aromatic rings. The van der Waals surface area contributed by atoms with Gasteiger partial charge in [0.15, 0.2) is 9.84 Å². The number of fused-ring (bicyclic) bond motifs is 1. The number of nitrogens with zero attached hydrogens (tertiary/aromatic N) is 5. The van der Waals surface area contributed by atoms with E-state index >= 15 is 0 Å². The Hall–Kier alpha value is -5.18. The number of aryl methyl sites for hydroxylation is 1. The highest BCUT2D eigenvalue weighted by atomic mass is 32.2. The molecule has 0 fully saturated rings. The molecule has 2 heterocycles. The Bertz CT molecular complexity index is 2040. The fourth-order valence-corrected chi connectivity index (χ4v) is 5.60. The third-order valence-electron chi connectivity index (χ3n) is 7.33. The zero-order valence-corrected chi connectivity index (χ0v) is 28.0. The number of aliphatic carboxylic acids is 1. The monoisotopic (exact) mass is 683 g/mol. The molecule has 254 valence electrons. The van der Waals surface area contributed by atoms with Gasteiger partial charge in [0.1, 0.15) is 11.3 Å². The van der Waals surface area contributed by atoms with E-state index in [-0.39, 0.29) is 11.2 Å². The maximum Gasteiger partial charge on any atom is 0.490 e. The van der Waals surface area contributed by atoms with Gasteiger partial charge in [-0.05, 0) is 52.4 Å². The fraction of sp³-hybridized carbons (Fsp3) is 0.273. The van der Waals surface area contributed by atoms with Crippen molar-refractivity contribution in [3.63, 3.8) is 0 Å². The summed E-state index contributed by atoms with van der Waals surface area (Å²) in [6, 6.07) is 21.7. The molecule has 0 aliphatic heterocycles. The topological polar surface area (TPSA) is 156 Å². The van der Waals surface area contributed by atoms with Gasteiger partial charge in [-0.25, -0.2) is 23.2 Å². The van der Waals surface area contributed by atoms with Crippen LogP contribution in [0.25, 0.3) is 22.2 Å². The molecule has 0 unspecified atom stereocenters. The summed E-state index contributed by atoms with van der Waals surface area (Å²) in [5.41, 5.74) is 13.7. The molecular weight excluding hydrogens is 647 g/mol. The molecule has 0 radical (unpaired) electrons. The Kier molecular flexibility index (Phi) is 10.0. The third kappa shape index (κ3) is 8.59. The second-order valence-corrected chi connectivity index (χ2v) is 14.3. The van der Waals surface area contributed by atoms with Gasteiger partial charge in [0.25, 0.3) is 0 Å². The highest BCUT2D eigenvalue weighted by Gasteiger charge is 2.38. The summed E-state index contributed by atoms with van der Waals surface area (Å²) < 4.78 is 56.8. The molecule has 0 aliphatic carbocycles. The van der Waals surface area contributed by atoms with Crippen LogP contribution in [0, 0.1) is 0 Å². The lowest BCUT2D eigenvalue weighted by Gasteiger charge is -2.23. The number of sulfone groups is 1. The van der Waals surface area contributed by atoms with Crippen molar-refractivity contribution in [2.45, 2.75) is 38.1 Å². The number of carboxylic acids is 1. The molecule has 0 saturated heterocycles. The van der Waals surface area contributed by atoms with Crippen LogP contribution in [0.1, 0.15) is 31.9 Å². The number of halogens is 3. The first-order valence-corrected chi connectivity index (χ1v) is 16.6. The molecule has 0 aliphatic rings. The van der Waals surface area contributed by atoms with Crippen LogP contribution in [0.2, 0.25) is 0 Å². The average molecular weight is 684 g/mol. The molecule has 15 heteroatoms. The largest absolute Gasteiger partial charge is 0.490 e. The predicted octanol–water partition coefficient (Wildman–Crippen LogP) is 6.60. The smallest absolute Gasteiger partial charge is 0.475 e. The van der Waals surface area contributed by atoms with E-state index in [1.807, 2.05) is 47.8 Å². The number of hydrogen-bond donors (Lipinski definition) is 3. The standard InChI is InChI=1S/C31H35N7O2S.C2HF3O2/c1-31(2,3)22-11-9-21(10-12-22)27-24(15-16-25-28(27)36-29(32)38(25)5)37(4)26-17-18-33-30(35-26)34-23-13-7-20(8-14-23)19-41(6,39)40;3-2(4,5)1(6)7/h7-18H,19H2,1-6H3,(H2,32,36)(H,33,34,35);(H,6,7). The summed E-state index contributed by atoms with van der Waals surface area (Å²) in [6.45, 7) is 6.60. The SMILES string of the molecule is CN(c1ccnc(Nc2ccc(CS(C)(=O)=O)cc2)n1)c1ccc2c(nc(N)n2C)c1-c1ccc(C(C)(C)C)cc1.O=C(O)C(F)(F)F. The van der Waals surface area contributed by atoms with E-state index in [1.54, 1.807) is 18.3 Å². The van der Waals surface area contributed by atoms with E-state index in [9.17, 15) is 21.6 Å². The number of nitrogen functional groups attached to an aromatic ring is 1. The zero-order valence-electron chi connectivity index (χ0n) is 27.2. The average Bonchev–Trinajstić information content (AvgIpc) is 3.29. The molecule has 4 N–H and O–H groups in total. The van der Waals surface area contributed by atoms with E-state index in [0.29, 0.717) is 17.7 Å². The lowest BCUT2D eigenvalue weighted by atomic mass is 9.86. The number of hydrogen-bond acceptors (Lipinski definition) is 9. The lowest BCUT2D eigenvalue weighted by molar-refractivity contribution is -0.192. The van der Waals surface area contributed by atoms with Crippen molar-refractivity contribution in [2.75, 3.05) is 29.3 Å². The van der Waals surface area contributed by atoms with Crippen molar-refractivity contribution in [1.82, 2.24) is 19.5 Å². The number of anilines is 5. The first kappa shape index (κ1) is 35.7. The molecular formula is C33H36F3N7O4S. The fourth-order valence-electron chi connectivity index (χ4n) is 4.80. The van der Waals surface area contributed by atoms with Gasteiger partial charge >= 0.3 is 12.1 Å². The van der Waals surface area contributed by atoms with Crippen LogP contribution in [0.4, 0.5) is 42.3 Å². The molecule has 11 nitrogen and oxygen atoms in total. The molecule has 0 spiro atoms. The Morgan fingerprint density at radius 1 is 0.979 bits per heavy atom. The minimum atomic E-state index is -5.08. The number of alkyl halides is 3. The predicted molar refractivity (Wildman–Crippen MR) is 181 cm³/mol. The third-order valence-corrected chi connectivity index (χ3v) is 8.19. The van der Waals surface area contributed by atoms with Crippen molar-refractivity contribution < 1.29 is 31.5 Å². The van der Waals surface area contributed by atoms with E-state index in [2.05, 4.69) is 61.4 Å². The minimum absolute atomic E-state index is 0.00239. The molecule has 0 amide bonds. The van der Waals surface area contributed by atoms with Gasteiger partial charge < -0.3 is 25.6 Å². The summed E-state index contributed by atoms with van der Waals surface area (Å²) in [6.07, 6.45) is -2.16. The van der Waals surface area contributed by atoms with E-state index in [1.165, 1.54) is 11.8 Å². The van der Waals surface area contributed by atoms with Crippen molar-refractivity contribution in [3.8, 4) is 11.1 Å². The van der Waals surface area contributed by atoms with E-state index in [4.69, 9.17) is 25.6 Å². The van der Waals surface area contributed by atoms with Gasteiger partial charge in [0, 0.05) is 37.8 Å². The van der Waals surface area contributed by atoms with Crippen molar-refractivity contribution in [2.24, 2.45) is 7.05 Å². The number of nitrogens with two attached hydrogens (primary N) is 1. The molecule has 0 atom stereocenters. The molecule has 3 aromatic carbocycles. The summed E-state index contributed by atoms with van der Waals surface area (Å²) in [4.78, 5) is 24.8. The Morgan fingerprint density at radius 2 is 1.58 bits per heavy atom. The van der Waals surface area contributed by atoms with Gasteiger partial charge in [0.05, 0.1) is 17.0 Å². The van der Waals surface area contributed by atoms with Gasteiger partial charge in [-0.3, -0.25) is 0 Å². The number of benzene rings is 3. The Morgan fingerprint density at radius 3 is 2.12 bits per heavy atom. The van der Waals surface area contributed by atoms with Crippen LogP contribution >= 0.6 is 0 Å². The van der Waals surface area contributed by atoms with Gasteiger partial charge in [-0.15, -0.1) is 0 Å². The summed E-state index contributed by atoms with van der Waals surface area (Å²) in [5, 5.41) is 10.3. The van der Waals surface area contributed by atoms with Crippen LogP contribution in [0.15, 0.2) is 72.9 Å². The normalized spacial score (nSPS) is 11.9. The number of carboxylic acid groups (broad SMARTS) is 1. The lowest BCUT2D eigenvalue weighted by Crippen LogP contribution is -2.21. The van der Waals surface area contributed by atoms with Gasteiger partial charge in [0.2, 0.25) is 11.9 Å². The zero-order chi connectivity index (χ0) is 35.6. The first-order chi connectivity index (χ1) is 22.2. The first-order valence-electron chi connectivity index (χ1n) is 14.5. The summed E-state index contributed by atoms with van der Waals surface area (Å²) >= 11 is 0. The Balaban J connectivity index is 0.000000671. The second-order valence-electron chi connectivity index (χ2n) is 12.2. The number of carbonyl (C=O) groups is 1. The molecule has 2 aromatic heterocycles. The highest BCUT2D eigenvalue weighted by molar-refractivity contribution is 7.89. The van der Waals surface area contributed by atoms with Gasteiger partial charge in [-0.2, -0.15) is 18.2 Å². The van der Waals surface area contributed by atoms with Crippen LogP contribution in [0.5, 0.6) is 0 Å². The van der Waals surface area contributed by atoms with E-state index in [0.717, 1.165) is 39.1 Å². The number of imidazole rings is 1. The highest BCUT2D eigenvalue weighted by Crippen LogP contribution is 2.40. The van der Waals surface area contributed by atoms with Crippen molar-refractivity contribution >= 4 is 55.9 Å². The molecule has 48 heavy (non-hydrogen) atoms. The summed E-state index contributed by atoms with van der Waals surface area (Å²) in [5.74, 6) is -1.20. The quantitative estimate of drug-likeness (QED) is 0.171. The van der Waals surface area contributed by atoms with Crippen molar-refractivity contribution in [1.29, 1.82) is 0 Å². The summed E-state index contributed by atoms with van der Waals surface area (Å²) in [7, 11) is 0.777. The maximum atomic E-state index is 11.6. The van der Waals surface area contributed by atoms with Crippen LogP contribution < -0.4 is 16.0 Å². The molecule has 5 rings (SSSR count). The van der Waals surface area contributed by atoms with Crippen LogP contribution in [-0.2, 0) is 32.8 Å². The van der Waals surface area contributed by atoms with Crippen LogP contribution in [0.3, 0.4) is 0 Å². The molecule has 0 saturated carbocycles. The van der Waals surface area contributed by atoms with E-state index < -0.39 is 22.0 Å². The Labute approximate surface area is 276 Å². The number of rotatable bonds is 7. The number of nitrogens with one attached hydrogen (secondary N) is 1.